The zero-order valence-corrected chi connectivity index (χ0v) is 21.2. The number of imidazole rings is 1. The van der Waals surface area contributed by atoms with Crippen molar-refractivity contribution in [2.75, 3.05) is 5.32 Å². The van der Waals surface area contributed by atoms with Crippen molar-refractivity contribution in [1.29, 1.82) is 0 Å². The Kier molecular flexibility index (Phi) is 6.36. The SMILES string of the molecule is C=C(c1ccccc1)c1nc2nc(-c3noc(=O)[nH]3)nc(N[C@H](C)C3CCC3)c2n1CC1CCCCC1. The first-order chi connectivity index (χ1) is 18.1. The third kappa shape index (κ3) is 4.70. The Morgan fingerprint density at radius 3 is 2.57 bits per heavy atom. The van der Waals surface area contributed by atoms with Gasteiger partial charge in [0.25, 0.3) is 0 Å². The number of aromatic amines is 1. The fraction of sp³-hybridized carbons (Fsp3) is 0.464. The van der Waals surface area contributed by atoms with E-state index in [1.807, 2.05) is 18.2 Å². The van der Waals surface area contributed by atoms with E-state index in [1.54, 1.807) is 0 Å². The first kappa shape index (κ1) is 23.6. The molecule has 3 heterocycles. The van der Waals surface area contributed by atoms with Crippen LogP contribution in [0.25, 0.3) is 28.4 Å². The minimum atomic E-state index is -0.642. The van der Waals surface area contributed by atoms with Gasteiger partial charge in [0.2, 0.25) is 11.6 Å². The van der Waals surface area contributed by atoms with E-state index in [9.17, 15) is 4.79 Å². The first-order valence-corrected chi connectivity index (χ1v) is 13.4. The van der Waals surface area contributed by atoms with Crippen molar-refractivity contribution < 1.29 is 4.52 Å². The fourth-order valence-electron chi connectivity index (χ4n) is 5.65. The van der Waals surface area contributed by atoms with Crippen molar-refractivity contribution in [2.24, 2.45) is 11.8 Å². The molecule has 0 radical (unpaired) electrons. The highest BCUT2D eigenvalue weighted by molar-refractivity contribution is 5.89. The number of benzene rings is 1. The number of rotatable bonds is 8. The molecule has 3 aromatic heterocycles. The lowest BCUT2D eigenvalue weighted by atomic mass is 9.80. The maximum Gasteiger partial charge on any atom is 0.439 e. The van der Waals surface area contributed by atoms with Gasteiger partial charge in [0.05, 0.1) is 0 Å². The summed E-state index contributed by atoms with van der Waals surface area (Å²) >= 11 is 0. The Bertz CT molecular complexity index is 1460. The molecule has 1 atom stereocenters. The molecule has 0 spiro atoms. The number of hydrogen-bond donors (Lipinski definition) is 2. The first-order valence-electron chi connectivity index (χ1n) is 13.4. The van der Waals surface area contributed by atoms with Crippen LogP contribution >= 0.6 is 0 Å². The highest BCUT2D eigenvalue weighted by Crippen LogP contribution is 2.35. The molecule has 37 heavy (non-hydrogen) atoms. The summed E-state index contributed by atoms with van der Waals surface area (Å²) < 4.78 is 7.01. The van der Waals surface area contributed by atoms with Crippen molar-refractivity contribution in [1.82, 2.24) is 29.7 Å². The minimum absolute atomic E-state index is 0.191. The molecular formula is C28H33N7O2. The van der Waals surface area contributed by atoms with E-state index < -0.39 is 5.76 Å². The summed E-state index contributed by atoms with van der Waals surface area (Å²) in [6.45, 7) is 7.49. The third-order valence-electron chi connectivity index (χ3n) is 8.03. The molecule has 2 N–H and O–H groups in total. The van der Waals surface area contributed by atoms with Crippen molar-refractivity contribution in [3.05, 3.63) is 58.8 Å². The molecule has 2 fully saturated rings. The summed E-state index contributed by atoms with van der Waals surface area (Å²) in [5, 5.41) is 7.51. The lowest BCUT2D eigenvalue weighted by molar-refractivity contribution is 0.285. The topological polar surface area (TPSA) is 115 Å². The Balaban J connectivity index is 1.52. The van der Waals surface area contributed by atoms with Crippen LogP contribution in [0.3, 0.4) is 0 Å². The average molecular weight is 500 g/mol. The van der Waals surface area contributed by atoms with Crippen LogP contribution in [0, 0.1) is 11.8 Å². The van der Waals surface area contributed by atoms with E-state index >= 15 is 0 Å². The van der Waals surface area contributed by atoms with Gasteiger partial charge in [0.15, 0.2) is 11.5 Å². The van der Waals surface area contributed by atoms with Crippen molar-refractivity contribution in [3.8, 4) is 11.6 Å². The van der Waals surface area contributed by atoms with Gasteiger partial charge in [-0.25, -0.2) is 19.7 Å². The monoisotopic (exact) mass is 499 g/mol. The Labute approximate surface area is 215 Å². The zero-order chi connectivity index (χ0) is 25.4. The van der Waals surface area contributed by atoms with Gasteiger partial charge >= 0.3 is 5.76 Å². The second-order valence-corrected chi connectivity index (χ2v) is 10.5. The smallest absolute Gasteiger partial charge is 0.365 e. The van der Waals surface area contributed by atoms with Crippen LogP contribution in [-0.2, 0) is 6.54 Å². The van der Waals surface area contributed by atoms with E-state index in [0.29, 0.717) is 23.3 Å². The molecule has 0 saturated heterocycles. The highest BCUT2D eigenvalue weighted by Gasteiger charge is 2.28. The summed E-state index contributed by atoms with van der Waals surface area (Å²) in [6, 6.07) is 10.4. The highest BCUT2D eigenvalue weighted by atomic mass is 16.5. The summed E-state index contributed by atoms with van der Waals surface area (Å²) in [6.07, 6.45) is 9.92. The molecule has 0 bridgehead atoms. The van der Waals surface area contributed by atoms with Crippen LogP contribution in [0.5, 0.6) is 0 Å². The molecule has 9 heteroatoms. The predicted molar refractivity (Wildman–Crippen MR) is 143 cm³/mol. The standard InChI is InChI=1S/C28H33N7O2/c1-17(20-12-7-4-8-13-20)27-32-24-22(35(27)16-19-10-5-3-6-11-19)23(29-18(2)21-14-9-15-21)30-25(31-24)26-33-28(36)37-34-26/h4,7-8,12-13,18-19,21H,1,3,5-6,9-11,14-16H2,2H3,(H,29,30,31)(H,33,34,36)/t18-/m1/s1. The van der Waals surface area contributed by atoms with Crippen molar-refractivity contribution in [3.63, 3.8) is 0 Å². The van der Waals surface area contributed by atoms with Crippen LogP contribution in [0.1, 0.15) is 69.7 Å². The Hall–Kier alpha value is -3.75. The number of nitrogens with zero attached hydrogens (tertiary/aromatic N) is 5. The van der Waals surface area contributed by atoms with E-state index in [2.05, 4.69) is 45.7 Å². The lowest BCUT2D eigenvalue weighted by Gasteiger charge is -2.32. The molecule has 6 rings (SSSR count). The van der Waals surface area contributed by atoms with E-state index in [4.69, 9.17) is 19.5 Å². The quantitative estimate of drug-likeness (QED) is 0.333. The molecule has 2 aliphatic rings. The molecule has 0 aliphatic heterocycles. The van der Waals surface area contributed by atoms with Crippen LogP contribution in [0.4, 0.5) is 5.82 Å². The molecule has 2 aliphatic carbocycles. The molecular weight excluding hydrogens is 466 g/mol. The van der Waals surface area contributed by atoms with E-state index in [1.165, 1.54) is 51.4 Å². The summed E-state index contributed by atoms with van der Waals surface area (Å²) in [7, 11) is 0. The van der Waals surface area contributed by atoms with Crippen LogP contribution < -0.4 is 11.1 Å². The van der Waals surface area contributed by atoms with Crippen LogP contribution in [0.15, 0.2) is 46.2 Å². The number of hydrogen-bond acceptors (Lipinski definition) is 7. The van der Waals surface area contributed by atoms with Gasteiger partial charge in [-0.15, -0.1) is 0 Å². The van der Waals surface area contributed by atoms with Crippen molar-refractivity contribution >= 4 is 22.6 Å². The number of H-pyrrole nitrogens is 1. The van der Waals surface area contributed by atoms with Gasteiger partial charge in [-0.05, 0) is 50.0 Å². The zero-order valence-electron chi connectivity index (χ0n) is 21.2. The van der Waals surface area contributed by atoms with Crippen molar-refractivity contribution in [2.45, 2.75) is 70.9 Å². The molecule has 9 nitrogen and oxygen atoms in total. The Morgan fingerprint density at radius 1 is 1.11 bits per heavy atom. The fourth-order valence-corrected chi connectivity index (χ4v) is 5.65. The maximum atomic E-state index is 11.7. The number of anilines is 1. The second-order valence-electron chi connectivity index (χ2n) is 10.5. The predicted octanol–water partition coefficient (Wildman–Crippen LogP) is 5.41. The normalized spacial score (nSPS) is 17.5. The second kappa shape index (κ2) is 9.95. The van der Waals surface area contributed by atoms with Gasteiger partial charge in [0, 0.05) is 18.2 Å². The number of aromatic nitrogens is 6. The maximum absolute atomic E-state index is 11.7. The minimum Gasteiger partial charge on any atom is -0.365 e. The largest absolute Gasteiger partial charge is 0.439 e. The van der Waals surface area contributed by atoms with Gasteiger partial charge < -0.3 is 9.88 Å². The van der Waals surface area contributed by atoms with Crippen LogP contribution in [0.2, 0.25) is 0 Å². The van der Waals surface area contributed by atoms with Gasteiger partial charge in [-0.3, -0.25) is 9.51 Å². The third-order valence-corrected chi connectivity index (χ3v) is 8.03. The molecule has 192 valence electrons. The molecule has 4 aromatic rings. The number of nitrogens with one attached hydrogen (secondary N) is 2. The number of fused-ring (bicyclic) bond motifs is 1. The van der Waals surface area contributed by atoms with Crippen LogP contribution in [-0.4, -0.2) is 35.7 Å². The summed E-state index contributed by atoms with van der Waals surface area (Å²) in [4.78, 5) is 28.9. The van der Waals surface area contributed by atoms with E-state index in [-0.39, 0.29) is 17.7 Å². The lowest BCUT2D eigenvalue weighted by Crippen LogP contribution is -2.31. The Morgan fingerprint density at radius 2 is 1.89 bits per heavy atom. The molecule has 0 unspecified atom stereocenters. The van der Waals surface area contributed by atoms with Gasteiger partial charge in [-0.1, -0.05) is 67.8 Å². The molecule has 0 amide bonds. The summed E-state index contributed by atoms with van der Waals surface area (Å²) in [5.41, 5.74) is 3.30. The average Bonchev–Trinajstić information content (AvgIpc) is 3.47. The molecule has 2 saturated carbocycles. The van der Waals surface area contributed by atoms with Gasteiger partial charge in [-0.2, -0.15) is 0 Å². The van der Waals surface area contributed by atoms with E-state index in [0.717, 1.165) is 29.0 Å². The summed E-state index contributed by atoms with van der Waals surface area (Å²) in [5.74, 6) is 2.50. The van der Waals surface area contributed by atoms with Gasteiger partial charge in [0.1, 0.15) is 11.3 Å². The molecule has 1 aromatic carbocycles.